The van der Waals surface area contributed by atoms with Gasteiger partial charge in [-0.2, -0.15) is 0 Å². The number of hydrogen-bond donors (Lipinski definition) is 1. The Morgan fingerprint density at radius 1 is 1.12 bits per heavy atom. The zero-order chi connectivity index (χ0) is 17.7. The van der Waals surface area contributed by atoms with E-state index in [1.807, 2.05) is 47.2 Å². The van der Waals surface area contributed by atoms with Gasteiger partial charge in [-0.05, 0) is 29.3 Å². The van der Waals surface area contributed by atoms with E-state index in [0.29, 0.717) is 0 Å². The molecule has 0 aliphatic carbocycles. The average Bonchev–Trinajstić information content (AvgIpc) is 2.58. The van der Waals surface area contributed by atoms with E-state index in [2.05, 4.69) is 4.74 Å². The van der Waals surface area contributed by atoms with Crippen LogP contribution in [0.4, 0.5) is 0 Å². The third-order valence-electron chi connectivity index (χ3n) is 3.48. The van der Waals surface area contributed by atoms with Crippen LogP contribution in [-0.4, -0.2) is 32.7 Å². The van der Waals surface area contributed by atoms with Gasteiger partial charge in [0.15, 0.2) is 5.25 Å². The molecule has 1 N–H and O–H groups in total. The van der Waals surface area contributed by atoms with Crippen LogP contribution >= 0.6 is 0 Å². The summed E-state index contributed by atoms with van der Waals surface area (Å²) in [5.41, 5.74) is 0.779. The number of hydrogen-bond acceptors (Lipinski definition) is 5. The molecule has 0 saturated carbocycles. The van der Waals surface area contributed by atoms with Crippen LogP contribution in [0.1, 0.15) is 12.5 Å². The van der Waals surface area contributed by atoms with Gasteiger partial charge in [-0.1, -0.05) is 42.5 Å². The number of carbonyl (C=O) groups is 2. The zero-order valence-electron chi connectivity index (χ0n) is 13.2. The van der Waals surface area contributed by atoms with E-state index >= 15 is 0 Å². The number of amides is 1. The van der Waals surface area contributed by atoms with E-state index in [1.165, 1.54) is 6.08 Å². The lowest BCUT2D eigenvalue weighted by molar-refractivity contribution is -0.139. The number of sulfonamides is 1. The predicted octanol–water partition coefficient (Wildman–Crippen LogP) is 1.86. The van der Waals surface area contributed by atoms with E-state index in [0.717, 1.165) is 36.4 Å². The van der Waals surface area contributed by atoms with E-state index < -0.39 is 27.1 Å². The maximum absolute atomic E-state index is 11.9. The molecule has 0 heterocycles. The van der Waals surface area contributed by atoms with Gasteiger partial charge in [-0.15, -0.1) is 0 Å². The minimum Gasteiger partial charge on any atom is -0.468 e. The van der Waals surface area contributed by atoms with Crippen molar-refractivity contribution in [1.82, 2.24) is 4.72 Å². The van der Waals surface area contributed by atoms with Gasteiger partial charge < -0.3 is 4.74 Å². The second-order valence-corrected chi connectivity index (χ2v) is 7.08. The molecular formula is C17H17NO5S. The maximum Gasteiger partial charge on any atom is 0.325 e. The lowest BCUT2D eigenvalue weighted by Crippen LogP contribution is -2.40. The summed E-state index contributed by atoms with van der Waals surface area (Å²) in [6.07, 6.45) is 2.64. The lowest BCUT2D eigenvalue weighted by atomic mass is 10.0. The van der Waals surface area contributed by atoms with Crippen molar-refractivity contribution in [3.05, 3.63) is 54.1 Å². The number of fused-ring (bicyclic) bond motifs is 1. The van der Waals surface area contributed by atoms with Crippen molar-refractivity contribution in [2.24, 2.45) is 0 Å². The van der Waals surface area contributed by atoms with Gasteiger partial charge in [0.25, 0.3) is 5.91 Å². The Bertz CT molecular complexity index is 897. The van der Waals surface area contributed by atoms with Crippen LogP contribution in [0.3, 0.4) is 0 Å². The fourth-order valence-electron chi connectivity index (χ4n) is 2.12. The first-order valence-electron chi connectivity index (χ1n) is 7.14. The summed E-state index contributed by atoms with van der Waals surface area (Å²) in [5.74, 6) is -1.77. The molecule has 0 aliphatic heterocycles. The molecule has 1 atom stereocenters. The molecule has 0 aliphatic rings. The number of carbonyl (C=O) groups excluding carboxylic acids is 2. The molecule has 24 heavy (non-hydrogen) atoms. The minimum atomic E-state index is -4.14. The molecule has 1 amide bonds. The van der Waals surface area contributed by atoms with Gasteiger partial charge in [-0.25, -0.2) is 13.1 Å². The molecule has 0 bridgehead atoms. The van der Waals surface area contributed by atoms with Gasteiger partial charge >= 0.3 is 5.97 Å². The first-order valence-corrected chi connectivity index (χ1v) is 8.69. The first kappa shape index (κ1) is 17.7. The Labute approximate surface area is 140 Å². The Balaban J connectivity index is 2.17. The summed E-state index contributed by atoms with van der Waals surface area (Å²) in [7, 11) is -3.06. The van der Waals surface area contributed by atoms with Gasteiger partial charge in [0.1, 0.15) is 0 Å². The minimum absolute atomic E-state index is 0.779. The fourth-order valence-corrected chi connectivity index (χ4v) is 2.99. The predicted molar refractivity (Wildman–Crippen MR) is 91.5 cm³/mol. The highest BCUT2D eigenvalue weighted by atomic mass is 32.2. The van der Waals surface area contributed by atoms with Crippen molar-refractivity contribution in [3.63, 3.8) is 0 Å². The Morgan fingerprint density at radius 3 is 2.50 bits per heavy atom. The molecule has 0 radical (unpaired) electrons. The van der Waals surface area contributed by atoms with Crippen LogP contribution < -0.4 is 4.72 Å². The quantitative estimate of drug-likeness (QED) is 0.659. The van der Waals surface area contributed by atoms with E-state index in [1.54, 1.807) is 0 Å². The van der Waals surface area contributed by atoms with Crippen LogP contribution in [0.25, 0.3) is 16.8 Å². The van der Waals surface area contributed by atoms with E-state index in [4.69, 9.17) is 0 Å². The van der Waals surface area contributed by atoms with Gasteiger partial charge in [0.2, 0.25) is 10.0 Å². The molecule has 2 aromatic carbocycles. The van der Waals surface area contributed by atoms with Crippen molar-refractivity contribution in [3.8, 4) is 0 Å². The number of methoxy groups -OCH3 is 1. The van der Waals surface area contributed by atoms with Gasteiger partial charge in [0, 0.05) is 6.08 Å². The number of benzene rings is 2. The van der Waals surface area contributed by atoms with Crippen LogP contribution in [0.2, 0.25) is 0 Å². The average molecular weight is 347 g/mol. The molecule has 0 spiro atoms. The summed E-state index contributed by atoms with van der Waals surface area (Å²) < 4.78 is 30.0. The van der Waals surface area contributed by atoms with E-state index in [-0.39, 0.29) is 0 Å². The molecular weight excluding hydrogens is 330 g/mol. The maximum atomic E-state index is 11.9. The van der Waals surface area contributed by atoms with Crippen molar-refractivity contribution >= 4 is 38.7 Å². The lowest BCUT2D eigenvalue weighted by Gasteiger charge is -2.10. The summed E-state index contributed by atoms with van der Waals surface area (Å²) >= 11 is 0. The number of rotatable bonds is 5. The monoisotopic (exact) mass is 347 g/mol. The third kappa shape index (κ3) is 3.99. The zero-order valence-corrected chi connectivity index (χ0v) is 14.0. The number of ether oxygens (including phenoxy) is 1. The fraction of sp³-hybridized carbons (Fsp3) is 0.176. The Hall–Kier alpha value is -2.67. The van der Waals surface area contributed by atoms with Gasteiger partial charge in [-0.3, -0.25) is 9.59 Å². The highest BCUT2D eigenvalue weighted by Gasteiger charge is 2.29. The molecule has 0 aromatic heterocycles. The summed E-state index contributed by atoms with van der Waals surface area (Å²) in [4.78, 5) is 23.1. The van der Waals surface area contributed by atoms with Crippen molar-refractivity contribution < 1.29 is 22.7 Å². The number of nitrogens with one attached hydrogen (secondary N) is 1. The molecule has 2 rings (SSSR count). The van der Waals surface area contributed by atoms with Crippen molar-refractivity contribution in [2.45, 2.75) is 12.2 Å². The number of esters is 1. The van der Waals surface area contributed by atoms with Gasteiger partial charge in [0.05, 0.1) is 7.11 Å². The molecule has 2 aromatic rings. The van der Waals surface area contributed by atoms with E-state index in [9.17, 15) is 18.0 Å². The molecule has 1 unspecified atom stereocenters. The normalized spacial score (nSPS) is 12.9. The third-order valence-corrected chi connectivity index (χ3v) is 5.09. The Kier molecular flexibility index (Phi) is 5.35. The second kappa shape index (κ2) is 7.27. The van der Waals surface area contributed by atoms with Crippen LogP contribution in [-0.2, 0) is 24.3 Å². The highest BCUT2D eigenvalue weighted by molar-refractivity contribution is 7.91. The van der Waals surface area contributed by atoms with Crippen LogP contribution in [0.15, 0.2) is 48.5 Å². The summed E-state index contributed by atoms with van der Waals surface area (Å²) in [6, 6.07) is 13.2. The van der Waals surface area contributed by atoms with Crippen LogP contribution in [0, 0.1) is 0 Å². The molecule has 0 saturated heterocycles. The topological polar surface area (TPSA) is 89.5 Å². The molecule has 7 heteroatoms. The standard InChI is InChI=1S/C17H17NO5S/c1-12(17(20)23-2)24(21,22)18-16(19)11-10-14-8-5-7-13-6-3-4-9-15(13)14/h3-12H,1-2H3,(H,18,19)/b11-10+. The SMILES string of the molecule is COC(=O)C(C)S(=O)(=O)NC(=O)/C=C/c1cccc2ccccc12. The Morgan fingerprint density at radius 2 is 1.79 bits per heavy atom. The smallest absolute Gasteiger partial charge is 0.325 e. The molecule has 126 valence electrons. The summed E-state index contributed by atoms with van der Waals surface area (Å²) in [5, 5.41) is 0.472. The second-order valence-electron chi connectivity index (χ2n) is 5.08. The van der Waals surface area contributed by atoms with Crippen LogP contribution in [0.5, 0.6) is 0 Å². The molecule has 6 nitrogen and oxygen atoms in total. The first-order chi connectivity index (χ1) is 11.3. The van der Waals surface area contributed by atoms with Crippen molar-refractivity contribution in [1.29, 1.82) is 0 Å². The largest absolute Gasteiger partial charge is 0.468 e. The highest BCUT2D eigenvalue weighted by Crippen LogP contribution is 2.19. The van der Waals surface area contributed by atoms with Crippen molar-refractivity contribution in [2.75, 3.05) is 7.11 Å². The molecule has 0 fully saturated rings. The summed E-state index contributed by atoms with van der Waals surface area (Å²) in [6.45, 7) is 1.15.